The number of rotatable bonds is 9. The lowest BCUT2D eigenvalue weighted by Gasteiger charge is -2.18. The fourth-order valence-corrected chi connectivity index (χ4v) is 2.98. The van der Waals surface area contributed by atoms with Crippen LogP contribution in [0.2, 0.25) is 0 Å². The van der Waals surface area contributed by atoms with Crippen molar-refractivity contribution in [2.75, 3.05) is 10.6 Å². The summed E-state index contributed by atoms with van der Waals surface area (Å²) >= 11 is 0. The second-order valence-electron chi connectivity index (χ2n) is 6.92. The van der Waals surface area contributed by atoms with Gasteiger partial charge in [-0.25, -0.2) is 4.98 Å². The lowest BCUT2D eigenvalue weighted by Crippen LogP contribution is -2.18. The van der Waals surface area contributed by atoms with Crippen LogP contribution in [0.4, 0.5) is 11.4 Å². The molecule has 0 radical (unpaired) electrons. The number of aryl methyl sites for hydroxylation is 1. The van der Waals surface area contributed by atoms with E-state index in [-0.39, 0.29) is 17.8 Å². The molecule has 2 aromatic rings. The molecule has 7 nitrogen and oxygen atoms in total. The number of hydrogen-bond donors (Lipinski definition) is 2. The minimum Gasteiger partial charge on any atom is -0.424 e. The van der Waals surface area contributed by atoms with Gasteiger partial charge in [-0.1, -0.05) is 32.9 Å². The van der Waals surface area contributed by atoms with Crippen LogP contribution in [0, 0.1) is 6.92 Å². The Bertz CT molecular complexity index is 909. The van der Waals surface area contributed by atoms with E-state index >= 15 is 0 Å². The molecule has 0 atom stereocenters. The standard InChI is InChI=1S/C22H29N3O4/c1-5-9-17(26)24-20-14(4)23-21-15(22(20)25-18(27)10-6-2)12-8-13-16(21)29-19(28)11-7-3/h8,12-13H,5-7,9-11H2,1-4H3,(H,24,26)(H,23,25,27). The average molecular weight is 399 g/mol. The summed E-state index contributed by atoms with van der Waals surface area (Å²) in [6.07, 6.45) is 3.12. The maximum Gasteiger partial charge on any atom is 0.311 e. The van der Waals surface area contributed by atoms with Crippen LogP contribution in [0.25, 0.3) is 10.9 Å². The summed E-state index contributed by atoms with van der Waals surface area (Å²) in [4.78, 5) is 41.1. The van der Waals surface area contributed by atoms with Crippen LogP contribution in [0.3, 0.4) is 0 Å². The summed E-state index contributed by atoms with van der Waals surface area (Å²) in [5.41, 5.74) is 1.95. The molecule has 0 aliphatic rings. The molecule has 1 heterocycles. The van der Waals surface area contributed by atoms with Gasteiger partial charge in [-0.15, -0.1) is 0 Å². The number of fused-ring (bicyclic) bond motifs is 1. The van der Waals surface area contributed by atoms with Gasteiger partial charge in [0, 0.05) is 24.6 Å². The van der Waals surface area contributed by atoms with Gasteiger partial charge in [-0.3, -0.25) is 14.4 Å². The van der Waals surface area contributed by atoms with Crippen LogP contribution in [0.5, 0.6) is 5.75 Å². The molecule has 29 heavy (non-hydrogen) atoms. The van der Waals surface area contributed by atoms with Crippen molar-refractivity contribution in [1.82, 2.24) is 4.98 Å². The number of ether oxygens (including phenoxy) is 1. The molecular formula is C22H29N3O4. The molecule has 0 bridgehead atoms. The second-order valence-corrected chi connectivity index (χ2v) is 6.92. The molecule has 2 amide bonds. The van der Waals surface area contributed by atoms with E-state index < -0.39 is 0 Å². The Balaban J connectivity index is 2.60. The number of hydrogen-bond acceptors (Lipinski definition) is 5. The number of anilines is 2. The van der Waals surface area contributed by atoms with E-state index in [1.807, 2.05) is 20.8 Å². The summed E-state index contributed by atoms with van der Waals surface area (Å²) in [6.45, 7) is 7.50. The average Bonchev–Trinajstić information content (AvgIpc) is 2.66. The number of nitrogens with zero attached hydrogens (tertiary/aromatic N) is 1. The Labute approximate surface area is 171 Å². The van der Waals surface area contributed by atoms with Gasteiger partial charge in [0.2, 0.25) is 11.8 Å². The minimum absolute atomic E-state index is 0.145. The van der Waals surface area contributed by atoms with Gasteiger partial charge in [0.05, 0.1) is 17.1 Å². The normalized spacial score (nSPS) is 10.6. The van der Waals surface area contributed by atoms with Gasteiger partial charge in [-0.2, -0.15) is 0 Å². The summed E-state index contributed by atoms with van der Waals surface area (Å²) in [7, 11) is 0. The number of benzene rings is 1. The molecule has 0 fully saturated rings. The number of nitrogens with one attached hydrogen (secondary N) is 2. The third kappa shape index (κ3) is 5.76. The smallest absolute Gasteiger partial charge is 0.311 e. The van der Waals surface area contributed by atoms with Gasteiger partial charge in [0.25, 0.3) is 0 Å². The number of para-hydroxylation sites is 1. The number of esters is 1. The van der Waals surface area contributed by atoms with Crippen molar-refractivity contribution < 1.29 is 19.1 Å². The van der Waals surface area contributed by atoms with E-state index in [9.17, 15) is 14.4 Å². The largest absolute Gasteiger partial charge is 0.424 e. The zero-order valence-electron chi connectivity index (χ0n) is 17.6. The van der Waals surface area contributed by atoms with Crippen molar-refractivity contribution in [3.05, 3.63) is 23.9 Å². The maximum absolute atomic E-state index is 12.3. The van der Waals surface area contributed by atoms with Gasteiger partial charge >= 0.3 is 5.97 Å². The molecule has 1 aromatic carbocycles. The van der Waals surface area contributed by atoms with Crippen molar-refractivity contribution in [1.29, 1.82) is 0 Å². The molecule has 7 heteroatoms. The van der Waals surface area contributed by atoms with E-state index in [1.165, 1.54) is 0 Å². The molecule has 0 aliphatic heterocycles. The van der Waals surface area contributed by atoms with Gasteiger partial charge in [-0.05, 0) is 32.3 Å². The van der Waals surface area contributed by atoms with E-state index in [0.717, 1.165) is 0 Å². The number of aromatic nitrogens is 1. The van der Waals surface area contributed by atoms with Crippen LogP contribution in [-0.2, 0) is 14.4 Å². The van der Waals surface area contributed by atoms with E-state index in [4.69, 9.17) is 4.74 Å². The Morgan fingerprint density at radius 3 is 2.07 bits per heavy atom. The van der Waals surface area contributed by atoms with Crippen molar-refractivity contribution in [3.63, 3.8) is 0 Å². The Kier molecular flexibility index (Phi) is 8.12. The van der Waals surface area contributed by atoms with E-state index in [2.05, 4.69) is 15.6 Å². The van der Waals surface area contributed by atoms with Gasteiger partial charge < -0.3 is 15.4 Å². The third-order valence-electron chi connectivity index (χ3n) is 4.32. The first kappa shape index (κ1) is 22.3. The lowest BCUT2D eigenvalue weighted by atomic mass is 10.1. The highest BCUT2D eigenvalue weighted by Gasteiger charge is 2.19. The lowest BCUT2D eigenvalue weighted by molar-refractivity contribution is -0.134. The predicted octanol–water partition coefficient (Wildman–Crippen LogP) is 4.73. The highest BCUT2D eigenvalue weighted by atomic mass is 16.5. The molecule has 0 saturated heterocycles. The highest BCUT2D eigenvalue weighted by Crippen LogP contribution is 2.37. The topological polar surface area (TPSA) is 97.4 Å². The van der Waals surface area contributed by atoms with Crippen LogP contribution < -0.4 is 15.4 Å². The fraction of sp³-hybridized carbons (Fsp3) is 0.455. The van der Waals surface area contributed by atoms with Crippen molar-refractivity contribution in [3.8, 4) is 5.75 Å². The Morgan fingerprint density at radius 1 is 0.897 bits per heavy atom. The maximum atomic E-state index is 12.3. The minimum atomic E-state index is -0.337. The number of amides is 2. The molecule has 0 saturated carbocycles. The molecule has 0 unspecified atom stereocenters. The highest BCUT2D eigenvalue weighted by molar-refractivity contribution is 6.10. The van der Waals surface area contributed by atoms with Crippen molar-refractivity contribution >= 4 is 40.1 Å². The molecule has 2 rings (SSSR count). The molecule has 0 aliphatic carbocycles. The van der Waals surface area contributed by atoms with E-state index in [1.54, 1.807) is 25.1 Å². The molecule has 156 valence electrons. The zero-order chi connectivity index (χ0) is 21.4. The third-order valence-corrected chi connectivity index (χ3v) is 4.32. The summed E-state index contributed by atoms with van der Waals surface area (Å²) in [5, 5.41) is 6.40. The first-order chi connectivity index (χ1) is 13.9. The first-order valence-corrected chi connectivity index (χ1v) is 10.1. The number of pyridine rings is 1. The molecule has 0 spiro atoms. The van der Waals surface area contributed by atoms with Crippen LogP contribution in [0.15, 0.2) is 18.2 Å². The Morgan fingerprint density at radius 2 is 1.48 bits per heavy atom. The molecule has 2 N–H and O–H groups in total. The zero-order valence-corrected chi connectivity index (χ0v) is 17.6. The Hall–Kier alpha value is -2.96. The monoisotopic (exact) mass is 399 g/mol. The number of carbonyl (C=O) groups excluding carboxylic acids is 3. The summed E-state index contributed by atoms with van der Waals surface area (Å²) in [6, 6.07) is 5.20. The van der Waals surface area contributed by atoms with Gasteiger partial charge in [0.15, 0.2) is 5.75 Å². The first-order valence-electron chi connectivity index (χ1n) is 10.1. The second kappa shape index (κ2) is 10.5. The fourth-order valence-electron chi connectivity index (χ4n) is 2.98. The number of carbonyl (C=O) groups is 3. The van der Waals surface area contributed by atoms with Crippen LogP contribution in [-0.4, -0.2) is 22.8 Å². The van der Waals surface area contributed by atoms with Crippen molar-refractivity contribution in [2.24, 2.45) is 0 Å². The predicted molar refractivity (Wildman–Crippen MR) is 114 cm³/mol. The SMILES string of the molecule is CCCC(=O)Nc1c(C)nc2c(OC(=O)CCC)cccc2c1NC(=O)CCC. The van der Waals surface area contributed by atoms with Crippen LogP contribution in [0.1, 0.15) is 65.0 Å². The van der Waals surface area contributed by atoms with Crippen molar-refractivity contribution in [2.45, 2.75) is 66.2 Å². The van der Waals surface area contributed by atoms with E-state index in [0.29, 0.717) is 72.2 Å². The molecule has 1 aromatic heterocycles. The summed E-state index contributed by atoms with van der Waals surface area (Å²) in [5.74, 6) is -0.301. The van der Waals surface area contributed by atoms with Gasteiger partial charge in [0.1, 0.15) is 5.52 Å². The quantitative estimate of drug-likeness (QED) is 0.469. The van der Waals surface area contributed by atoms with Crippen LogP contribution >= 0.6 is 0 Å². The molecular weight excluding hydrogens is 370 g/mol. The summed E-state index contributed by atoms with van der Waals surface area (Å²) < 4.78 is 5.49.